The Hall–Kier alpha value is -0.610. The molecule has 16 heavy (non-hydrogen) atoms. The number of carbonyl (C=O) groups excluding carboxylic acids is 1. The Bertz CT molecular complexity index is 244. The maximum atomic E-state index is 11.3. The summed E-state index contributed by atoms with van der Waals surface area (Å²) < 4.78 is 10.5. The molecule has 1 saturated carbocycles. The van der Waals surface area contributed by atoms with Crippen LogP contribution < -0.4 is 5.73 Å². The minimum Gasteiger partial charge on any atom is -0.467 e. The zero-order valence-electron chi connectivity index (χ0n) is 10.5. The van der Waals surface area contributed by atoms with Crippen molar-refractivity contribution in [2.75, 3.05) is 13.7 Å². The standard InChI is InChI=1S/C12H23NO3/c1-9-5-4-6-12(7-9,8-13)16-10(2)11(14)15-3/h9-10H,4-8,13H2,1-3H3. The summed E-state index contributed by atoms with van der Waals surface area (Å²) in [5.74, 6) is 0.285. The molecule has 3 atom stereocenters. The summed E-state index contributed by atoms with van der Waals surface area (Å²) in [7, 11) is 1.38. The molecule has 4 nitrogen and oxygen atoms in total. The summed E-state index contributed by atoms with van der Waals surface area (Å²) in [4.78, 5) is 11.3. The maximum Gasteiger partial charge on any atom is 0.334 e. The number of nitrogens with two attached hydrogens (primary N) is 1. The predicted molar refractivity (Wildman–Crippen MR) is 62.0 cm³/mol. The number of hydrogen-bond acceptors (Lipinski definition) is 4. The molecule has 0 aromatic rings. The topological polar surface area (TPSA) is 61.5 Å². The van der Waals surface area contributed by atoms with Crippen LogP contribution in [-0.4, -0.2) is 31.3 Å². The van der Waals surface area contributed by atoms with Gasteiger partial charge in [0.2, 0.25) is 0 Å². The van der Waals surface area contributed by atoms with Gasteiger partial charge in [0.1, 0.15) is 0 Å². The van der Waals surface area contributed by atoms with Gasteiger partial charge in [0.05, 0.1) is 12.7 Å². The number of carbonyl (C=O) groups is 1. The van der Waals surface area contributed by atoms with E-state index in [9.17, 15) is 4.79 Å². The predicted octanol–water partition coefficient (Wildman–Crippen LogP) is 1.47. The van der Waals surface area contributed by atoms with Gasteiger partial charge < -0.3 is 15.2 Å². The van der Waals surface area contributed by atoms with Crippen molar-refractivity contribution >= 4 is 5.97 Å². The average Bonchev–Trinajstić information content (AvgIpc) is 2.27. The van der Waals surface area contributed by atoms with Gasteiger partial charge >= 0.3 is 5.97 Å². The highest BCUT2D eigenvalue weighted by Crippen LogP contribution is 2.35. The third-order valence-electron chi connectivity index (χ3n) is 3.38. The van der Waals surface area contributed by atoms with E-state index in [0.717, 1.165) is 19.3 Å². The number of ether oxygens (including phenoxy) is 2. The molecule has 1 fully saturated rings. The normalized spacial score (nSPS) is 32.1. The van der Waals surface area contributed by atoms with Crippen molar-refractivity contribution in [3.63, 3.8) is 0 Å². The Balaban J connectivity index is 2.62. The quantitative estimate of drug-likeness (QED) is 0.742. The minimum absolute atomic E-state index is 0.328. The number of methoxy groups -OCH3 is 1. The summed E-state index contributed by atoms with van der Waals surface area (Å²) >= 11 is 0. The summed E-state index contributed by atoms with van der Waals surface area (Å²) in [6, 6.07) is 0. The fraction of sp³-hybridized carbons (Fsp3) is 0.917. The third kappa shape index (κ3) is 3.19. The van der Waals surface area contributed by atoms with Crippen molar-refractivity contribution in [3.05, 3.63) is 0 Å². The third-order valence-corrected chi connectivity index (χ3v) is 3.38. The van der Waals surface area contributed by atoms with Crippen LogP contribution in [0.15, 0.2) is 0 Å². The molecule has 4 heteroatoms. The van der Waals surface area contributed by atoms with Crippen molar-refractivity contribution in [2.45, 2.75) is 51.2 Å². The minimum atomic E-state index is -0.529. The van der Waals surface area contributed by atoms with Gasteiger partial charge in [0.15, 0.2) is 6.10 Å². The monoisotopic (exact) mass is 229 g/mol. The van der Waals surface area contributed by atoms with E-state index in [4.69, 9.17) is 10.5 Å². The van der Waals surface area contributed by atoms with Crippen molar-refractivity contribution < 1.29 is 14.3 Å². The fourth-order valence-corrected chi connectivity index (χ4v) is 2.54. The van der Waals surface area contributed by atoms with Gasteiger partial charge in [-0.1, -0.05) is 19.8 Å². The van der Waals surface area contributed by atoms with Gasteiger partial charge in [-0.2, -0.15) is 0 Å². The van der Waals surface area contributed by atoms with Crippen LogP contribution in [0.3, 0.4) is 0 Å². The highest BCUT2D eigenvalue weighted by molar-refractivity contribution is 5.74. The van der Waals surface area contributed by atoms with E-state index in [1.54, 1.807) is 6.92 Å². The Labute approximate surface area is 97.5 Å². The molecule has 0 amide bonds. The molecule has 1 rings (SSSR count). The van der Waals surface area contributed by atoms with Gasteiger partial charge in [0.25, 0.3) is 0 Å². The van der Waals surface area contributed by atoms with Crippen molar-refractivity contribution in [2.24, 2.45) is 11.7 Å². The fourth-order valence-electron chi connectivity index (χ4n) is 2.54. The number of hydrogen-bond donors (Lipinski definition) is 1. The van der Waals surface area contributed by atoms with Crippen LogP contribution in [-0.2, 0) is 14.3 Å². The van der Waals surface area contributed by atoms with Crippen molar-refractivity contribution in [1.82, 2.24) is 0 Å². The first-order chi connectivity index (χ1) is 7.53. The first-order valence-electron chi connectivity index (χ1n) is 5.99. The van der Waals surface area contributed by atoms with E-state index >= 15 is 0 Å². The van der Waals surface area contributed by atoms with E-state index in [1.807, 2.05) is 0 Å². The molecule has 1 aliphatic rings. The first kappa shape index (κ1) is 13.5. The lowest BCUT2D eigenvalue weighted by atomic mass is 9.78. The lowest BCUT2D eigenvalue weighted by molar-refractivity contribution is -0.170. The molecule has 2 N–H and O–H groups in total. The van der Waals surface area contributed by atoms with Crippen LogP contribution in [0.25, 0.3) is 0 Å². The van der Waals surface area contributed by atoms with Gasteiger partial charge in [-0.05, 0) is 25.7 Å². The first-order valence-corrected chi connectivity index (χ1v) is 5.99. The van der Waals surface area contributed by atoms with Gasteiger partial charge in [-0.25, -0.2) is 4.79 Å². The second-order valence-electron chi connectivity index (χ2n) is 4.87. The zero-order valence-corrected chi connectivity index (χ0v) is 10.5. The molecule has 0 saturated heterocycles. The molecule has 0 aromatic heterocycles. The average molecular weight is 229 g/mol. The Morgan fingerprint density at radius 1 is 1.62 bits per heavy atom. The van der Waals surface area contributed by atoms with Gasteiger partial charge in [0, 0.05) is 6.54 Å². The van der Waals surface area contributed by atoms with Crippen LogP contribution in [0.2, 0.25) is 0 Å². The zero-order chi connectivity index (χ0) is 12.2. The Morgan fingerprint density at radius 3 is 2.81 bits per heavy atom. The van der Waals surface area contributed by atoms with Gasteiger partial charge in [-0.3, -0.25) is 0 Å². The lowest BCUT2D eigenvalue weighted by Gasteiger charge is -2.40. The molecule has 94 valence electrons. The maximum absolute atomic E-state index is 11.3. The second kappa shape index (κ2) is 5.64. The molecule has 3 unspecified atom stereocenters. The lowest BCUT2D eigenvalue weighted by Crippen LogP contribution is -2.48. The molecule has 0 radical (unpaired) electrons. The largest absolute Gasteiger partial charge is 0.467 e. The summed E-state index contributed by atoms with van der Waals surface area (Å²) in [6.07, 6.45) is 3.68. The second-order valence-corrected chi connectivity index (χ2v) is 4.87. The van der Waals surface area contributed by atoms with Crippen LogP contribution in [0.5, 0.6) is 0 Å². The van der Waals surface area contributed by atoms with Crippen LogP contribution >= 0.6 is 0 Å². The van der Waals surface area contributed by atoms with E-state index in [2.05, 4.69) is 11.7 Å². The summed E-state index contributed by atoms with van der Waals surface area (Å²) in [5.41, 5.74) is 5.49. The van der Waals surface area contributed by atoms with E-state index in [1.165, 1.54) is 13.5 Å². The van der Waals surface area contributed by atoms with Crippen LogP contribution in [0.1, 0.15) is 39.5 Å². The van der Waals surface area contributed by atoms with E-state index < -0.39 is 6.10 Å². The molecule has 0 bridgehead atoms. The van der Waals surface area contributed by atoms with E-state index in [-0.39, 0.29) is 11.6 Å². The Kier molecular flexibility index (Phi) is 4.74. The Morgan fingerprint density at radius 2 is 2.31 bits per heavy atom. The molecule has 0 heterocycles. The van der Waals surface area contributed by atoms with Crippen molar-refractivity contribution in [3.8, 4) is 0 Å². The molecule has 0 aromatic carbocycles. The van der Waals surface area contributed by atoms with E-state index in [0.29, 0.717) is 12.5 Å². The molecule has 1 aliphatic carbocycles. The SMILES string of the molecule is COC(=O)C(C)OC1(CN)CCCC(C)C1. The summed E-state index contributed by atoms with van der Waals surface area (Å²) in [6.45, 7) is 4.40. The van der Waals surface area contributed by atoms with Crippen molar-refractivity contribution in [1.29, 1.82) is 0 Å². The highest BCUT2D eigenvalue weighted by Gasteiger charge is 2.37. The van der Waals surface area contributed by atoms with Crippen LogP contribution in [0.4, 0.5) is 0 Å². The molecular weight excluding hydrogens is 206 g/mol. The highest BCUT2D eigenvalue weighted by atomic mass is 16.6. The smallest absolute Gasteiger partial charge is 0.334 e. The summed E-state index contributed by atoms with van der Waals surface area (Å²) in [5, 5.41) is 0. The number of rotatable bonds is 4. The van der Waals surface area contributed by atoms with Gasteiger partial charge in [-0.15, -0.1) is 0 Å². The van der Waals surface area contributed by atoms with Crippen LogP contribution in [0, 0.1) is 5.92 Å². The number of esters is 1. The molecule has 0 spiro atoms. The molecular formula is C12H23NO3. The molecule has 0 aliphatic heterocycles.